The molecule has 0 amide bonds. The Bertz CT molecular complexity index is 2710. The molecule has 2 atom stereocenters. The van der Waals surface area contributed by atoms with E-state index in [1.54, 1.807) is 5.57 Å². The Balaban J connectivity index is 0.00000355. The van der Waals surface area contributed by atoms with Gasteiger partial charge >= 0.3 is 0 Å². The van der Waals surface area contributed by atoms with Crippen molar-refractivity contribution >= 4 is 17.0 Å². The quantitative estimate of drug-likeness (QED) is 0.0930. The zero-order chi connectivity index (χ0) is 47.5. The van der Waals surface area contributed by atoms with E-state index >= 15 is 0 Å². The maximum Gasteiger partial charge on any atom is 0.0639 e. The lowest BCUT2D eigenvalue weighted by Gasteiger charge is -2.34. The van der Waals surface area contributed by atoms with Crippen LogP contribution in [0.4, 0.5) is 5.69 Å². The van der Waals surface area contributed by atoms with Gasteiger partial charge in [-0.15, -0.1) is 6.58 Å². The molecule has 0 N–H and O–H groups in total. The Labute approximate surface area is 400 Å². The first-order valence-electron chi connectivity index (χ1n) is 25.0. The van der Waals surface area contributed by atoms with E-state index < -0.39 is 0 Å². The number of aryl methyl sites for hydroxylation is 1. The predicted octanol–water partition coefficient (Wildman–Crippen LogP) is 19.5. The van der Waals surface area contributed by atoms with Crippen molar-refractivity contribution in [1.82, 2.24) is 0 Å². The SMILES string of the molecule is C=CCCC(=C(C)C)c1cc(-c2cccc(C3C=CC=CC3=Nc3cccc(-c4cccc(-c5ccc(C(C)(C)C6=C(C)C=CCC6)c(C)c5C)c4C(C)CC)c3)c2)ccc1CCC.CC. The molecule has 1 nitrogen and oxygen atoms in total. The molecule has 2 unspecified atom stereocenters. The van der Waals surface area contributed by atoms with Crippen LogP contribution in [0.3, 0.4) is 0 Å². The van der Waals surface area contributed by atoms with Crippen LogP contribution in [0.15, 0.2) is 168 Å². The lowest BCUT2D eigenvalue weighted by atomic mass is 9.70. The molecule has 2 aliphatic rings. The second-order valence-electron chi connectivity index (χ2n) is 19.1. The van der Waals surface area contributed by atoms with E-state index in [2.05, 4.69) is 209 Å². The molecule has 0 spiro atoms. The van der Waals surface area contributed by atoms with Gasteiger partial charge in [0.2, 0.25) is 0 Å². The highest BCUT2D eigenvalue weighted by Crippen LogP contribution is 2.45. The molecule has 0 fully saturated rings. The van der Waals surface area contributed by atoms with E-state index in [9.17, 15) is 0 Å². The summed E-state index contributed by atoms with van der Waals surface area (Å²) in [5.74, 6) is 0.419. The second kappa shape index (κ2) is 22.6. The lowest BCUT2D eigenvalue weighted by Crippen LogP contribution is -2.24. The first-order chi connectivity index (χ1) is 31.9. The van der Waals surface area contributed by atoms with Crippen LogP contribution in [0.5, 0.6) is 0 Å². The van der Waals surface area contributed by atoms with Gasteiger partial charge in [0.15, 0.2) is 0 Å². The number of rotatable bonds is 15. The van der Waals surface area contributed by atoms with Crippen molar-refractivity contribution in [3.8, 4) is 33.4 Å². The van der Waals surface area contributed by atoms with Crippen LogP contribution in [-0.2, 0) is 11.8 Å². The summed E-state index contributed by atoms with van der Waals surface area (Å²) in [5.41, 5.74) is 25.2. The third-order valence-corrected chi connectivity index (χ3v) is 14.3. The van der Waals surface area contributed by atoms with Crippen molar-refractivity contribution in [2.75, 3.05) is 0 Å². The molecule has 0 radical (unpaired) electrons. The Morgan fingerprint density at radius 2 is 1.52 bits per heavy atom. The molecule has 0 bridgehead atoms. The maximum absolute atomic E-state index is 5.42. The number of nitrogens with zero attached hydrogens (tertiary/aromatic N) is 1. The van der Waals surface area contributed by atoms with Crippen LogP contribution in [0.2, 0.25) is 0 Å². The number of aliphatic imine (C=N–C) groups is 1. The number of allylic oxidation sites excluding steroid dienone is 11. The number of hydrogen-bond donors (Lipinski definition) is 0. The predicted molar refractivity (Wildman–Crippen MR) is 293 cm³/mol. The van der Waals surface area contributed by atoms with Crippen LogP contribution in [0.1, 0.15) is 159 Å². The molecule has 2 aliphatic carbocycles. The summed E-state index contributed by atoms with van der Waals surface area (Å²) >= 11 is 0. The largest absolute Gasteiger partial charge is 0.252 e. The summed E-state index contributed by atoms with van der Waals surface area (Å²) in [4.78, 5) is 5.42. The van der Waals surface area contributed by atoms with Crippen LogP contribution in [0.25, 0.3) is 39.0 Å². The van der Waals surface area contributed by atoms with Crippen molar-refractivity contribution in [3.63, 3.8) is 0 Å². The Hall–Kier alpha value is -5.79. The van der Waals surface area contributed by atoms with Gasteiger partial charge in [0.1, 0.15) is 0 Å². The van der Waals surface area contributed by atoms with Crippen LogP contribution in [-0.4, -0.2) is 5.71 Å². The van der Waals surface area contributed by atoms with Crippen LogP contribution in [0, 0.1) is 13.8 Å². The van der Waals surface area contributed by atoms with Gasteiger partial charge in [0.25, 0.3) is 0 Å². The molecule has 0 aromatic heterocycles. The van der Waals surface area contributed by atoms with E-state index in [0.29, 0.717) is 5.92 Å². The first kappa shape index (κ1) is 49.6. The molecule has 5 aromatic rings. The van der Waals surface area contributed by atoms with Gasteiger partial charge in [0.05, 0.1) is 11.4 Å². The fourth-order valence-electron chi connectivity index (χ4n) is 10.5. The smallest absolute Gasteiger partial charge is 0.0639 e. The van der Waals surface area contributed by atoms with Crippen LogP contribution >= 0.6 is 0 Å². The zero-order valence-electron chi connectivity index (χ0n) is 42.5. The average molecular weight is 872 g/mol. The molecule has 0 heterocycles. The Morgan fingerprint density at radius 3 is 2.24 bits per heavy atom. The van der Waals surface area contributed by atoms with Gasteiger partial charge in [-0.3, -0.25) is 4.99 Å². The van der Waals surface area contributed by atoms with Gasteiger partial charge in [0, 0.05) is 11.3 Å². The topological polar surface area (TPSA) is 12.4 Å². The van der Waals surface area contributed by atoms with E-state index in [1.807, 2.05) is 19.9 Å². The molecule has 342 valence electrons. The van der Waals surface area contributed by atoms with Gasteiger partial charge < -0.3 is 0 Å². The van der Waals surface area contributed by atoms with Crippen molar-refractivity contribution in [3.05, 3.63) is 202 Å². The highest BCUT2D eigenvalue weighted by Gasteiger charge is 2.30. The highest BCUT2D eigenvalue weighted by molar-refractivity contribution is 6.04. The van der Waals surface area contributed by atoms with Crippen LogP contribution < -0.4 is 0 Å². The third kappa shape index (κ3) is 10.7. The minimum Gasteiger partial charge on any atom is -0.252 e. The standard InChI is InChI=1S/C63H71N.C2H6/c1-12-15-29-53(42(4)5)58-41-49(36-35-47(58)23-13-2)48-25-20-26-50(39-48)55-30-17-19-34-61(55)64-52-28-21-27-51(40-52)56-31-22-32-57(62(56)43(6)14-3)54-37-38-60(46(9)45(54)8)63(10,11)59-33-18-16-24-44(59)7;1-2/h12,16-17,19-22,24-28,30-32,34-41,43,55H,1,13-15,18,23,29,33H2,2-11H3;1-2H3. The average Bonchev–Trinajstić information content (AvgIpc) is 3.33. The first-order valence-corrected chi connectivity index (χ1v) is 25.0. The molecule has 5 aromatic carbocycles. The maximum atomic E-state index is 5.42. The Kier molecular flexibility index (Phi) is 17.0. The fraction of sp³-hybridized carbons (Fsp3) is 0.338. The summed E-state index contributed by atoms with van der Waals surface area (Å²) in [6, 6.07) is 36.9. The van der Waals surface area contributed by atoms with Gasteiger partial charge in [-0.2, -0.15) is 0 Å². The van der Waals surface area contributed by atoms with Crippen molar-refractivity contribution in [2.24, 2.45) is 4.99 Å². The second-order valence-corrected chi connectivity index (χ2v) is 19.1. The molecular weight excluding hydrogens is 795 g/mol. The summed E-state index contributed by atoms with van der Waals surface area (Å²) in [5, 5.41) is 0. The highest BCUT2D eigenvalue weighted by atomic mass is 14.7. The normalized spacial score (nSPS) is 15.7. The van der Waals surface area contributed by atoms with Gasteiger partial charge in [-0.1, -0.05) is 187 Å². The molecule has 66 heavy (non-hydrogen) atoms. The van der Waals surface area contributed by atoms with E-state index in [0.717, 1.165) is 56.3 Å². The Morgan fingerprint density at radius 1 is 0.788 bits per heavy atom. The molecular formula is C65H77N. The molecule has 0 saturated carbocycles. The van der Waals surface area contributed by atoms with Crippen molar-refractivity contribution in [1.29, 1.82) is 0 Å². The zero-order valence-corrected chi connectivity index (χ0v) is 42.5. The van der Waals surface area contributed by atoms with Crippen molar-refractivity contribution in [2.45, 2.75) is 145 Å². The van der Waals surface area contributed by atoms with E-state index in [1.165, 1.54) is 89.0 Å². The fourth-order valence-corrected chi connectivity index (χ4v) is 10.5. The lowest BCUT2D eigenvalue weighted by molar-refractivity contribution is 0.579. The number of hydrogen-bond acceptors (Lipinski definition) is 1. The van der Waals surface area contributed by atoms with Gasteiger partial charge in [-0.05, 0) is 181 Å². The number of benzene rings is 5. The third-order valence-electron chi connectivity index (χ3n) is 14.3. The molecule has 1 heteroatoms. The minimum atomic E-state index is -0.0257. The monoisotopic (exact) mass is 872 g/mol. The van der Waals surface area contributed by atoms with Gasteiger partial charge in [-0.25, -0.2) is 0 Å². The summed E-state index contributed by atoms with van der Waals surface area (Å²) in [6.07, 6.45) is 22.9. The minimum absolute atomic E-state index is 0.0257. The summed E-state index contributed by atoms with van der Waals surface area (Å²) < 4.78 is 0. The van der Waals surface area contributed by atoms with E-state index in [-0.39, 0.29) is 11.3 Å². The molecule has 0 aliphatic heterocycles. The molecule has 0 saturated heterocycles. The van der Waals surface area contributed by atoms with Crippen molar-refractivity contribution < 1.29 is 0 Å². The summed E-state index contributed by atoms with van der Waals surface area (Å²) in [6.45, 7) is 31.3. The van der Waals surface area contributed by atoms with E-state index in [4.69, 9.17) is 4.99 Å². The molecule has 7 rings (SSSR count). The summed E-state index contributed by atoms with van der Waals surface area (Å²) in [7, 11) is 0.